The fourth-order valence-corrected chi connectivity index (χ4v) is 0.340. The summed E-state index contributed by atoms with van der Waals surface area (Å²) in [6.07, 6.45) is 6.91. The van der Waals surface area contributed by atoms with Crippen molar-refractivity contribution in [2.75, 3.05) is 0 Å². The first-order valence-corrected chi connectivity index (χ1v) is 2.56. The minimum Gasteiger partial charge on any atom is -0.198 e. The van der Waals surface area contributed by atoms with Crippen molar-refractivity contribution in [3.8, 4) is 6.07 Å². The maximum atomic E-state index is 8.06. The van der Waals surface area contributed by atoms with E-state index in [9.17, 15) is 0 Å². The largest absolute Gasteiger partial charge is 0.198 e. The van der Waals surface area contributed by atoms with Gasteiger partial charge in [-0.2, -0.15) is 5.26 Å². The Labute approximate surface area is 49.9 Å². The summed E-state index contributed by atoms with van der Waals surface area (Å²) in [6, 6.07) is 2.04. The lowest BCUT2D eigenvalue weighted by molar-refractivity contribution is 1.06. The molecule has 0 aromatic carbocycles. The van der Waals surface area contributed by atoms with Crippen LogP contribution in [-0.2, 0) is 0 Å². The van der Waals surface area contributed by atoms with E-state index < -0.39 is 0 Å². The van der Waals surface area contributed by atoms with Crippen molar-refractivity contribution in [2.45, 2.75) is 12.8 Å². The second-order valence-corrected chi connectivity index (χ2v) is 1.36. The molecule has 0 aromatic heterocycles. The minimum absolute atomic E-state index is 0.602. The molecule has 0 rings (SSSR count). The fraction of sp³-hybridized carbons (Fsp3) is 0.286. The Balaban J connectivity index is 3.06. The molecule has 0 aliphatic carbocycles. The molecule has 0 fully saturated rings. The molecule has 1 nitrogen and oxygen atoms in total. The van der Waals surface area contributed by atoms with E-state index in [1.54, 1.807) is 6.08 Å². The van der Waals surface area contributed by atoms with Crippen LogP contribution in [0.2, 0.25) is 0 Å². The van der Waals surface area contributed by atoms with Crippen LogP contribution in [0.15, 0.2) is 24.8 Å². The Kier molecular flexibility index (Phi) is 5.20. The van der Waals surface area contributed by atoms with Gasteiger partial charge in [-0.25, -0.2) is 0 Å². The van der Waals surface area contributed by atoms with Crippen molar-refractivity contribution >= 4 is 0 Å². The van der Waals surface area contributed by atoms with Crippen LogP contribution in [-0.4, -0.2) is 0 Å². The molecular weight excluding hydrogens is 98.1 g/mol. The molecule has 42 valence electrons. The molecule has 0 aliphatic heterocycles. The number of unbranched alkanes of at least 4 members (excludes halogenated alkanes) is 1. The molecule has 0 saturated heterocycles. The fourth-order valence-electron chi connectivity index (χ4n) is 0.340. The van der Waals surface area contributed by atoms with Crippen LogP contribution in [0.5, 0.6) is 0 Å². The van der Waals surface area contributed by atoms with Gasteiger partial charge in [0.05, 0.1) is 6.07 Å². The summed E-state index contributed by atoms with van der Waals surface area (Å²) < 4.78 is 0. The van der Waals surface area contributed by atoms with E-state index >= 15 is 0 Å². The molecule has 0 aromatic rings. The standard InChI is InChI=1S/C7H9N/c1-2-3-4-5-6-7-8/h2-4H,1,5-6H2/b4-3+. The lowest BCUT2D eigenvalue weighted by Gasteiger charge is -1.75. The van der Waals surface area contributed by atoms with Crippen LogP contribution in [0.4, 0.5) is 0 Å². The van der Waals surface area contributed by atoms with Gasteiger partial charge in [-0.3, -0.25) is 0 Å². The minimum atomic E-state index is 0.602. The number of hydrogen-bond acceptors (Lipinski definition) is 1. The Hall–Kier alpha value is -1.03. The van der Waals surface area contributed by atoms with Gasteiger partial charge in [0.15, 0.2) is 0 Å². The van der Waals surface area contributed by atoms with Crippen LogP contribution in [0.3, 0.4) is 0 Å². The average Bonchev–Trinajstić information content (AvgIpc) is 1.81. The number of allylic oxidation sites excluding steroid dienone is 3. The van der Waals surface area contributed by atoms with E-state index in [0.717, 1.165) is 6.42 Å². The van der Waals surface area contributed by atoms with Gasteiger partial charge in [0, 0.05) is 6.42 Å². The third-order valence-electron chi connectivity index (χ3n) is 0.695. The molecule has 0 heterocycles. The van der Waals surface area contributed by atoms with E-state index in [4.69, 9.17) is 5.26 Å². The van der Waals surface area contributed by atoms with Crippen molar-refractivity contribution in [3.05, 3.63) is 24.8 Å². The summed E-state index contributed by atoms with van der Waals surface area (Å²) in [6.45, 7) is 3.49. The van der Waals surface area contributed by atoms with Crippen LogP contribution in [0, 0.1) is 11.3 Å². The topological polar surface area (TPSA) is 23.8 Å². The van der Waals surface area contributed by atoms with Gasteiger partial charge < -0.3 is 0 Å². The zero-order valence-electron chi connectivity index (χ0n) is 4.80. The quantitative estimate of drug-likeness (QED) is 0.400. The Morgan fingerprint density at radius 3 is 2.88 bits per heavy atom. The van der Waals surface area contributed by atoms with Gasteiger partial charge in [0.2, 0.25) is 0 Å². The first-order valence-electron chi connectivity index (χ1n) is 2.56. The second-order valence-electron chi connectivity index (χ2n) is 1.36. The average molecular weight is 107 g/mol. The predicted octanol–water partition coefficient (Wildman–Crippen LogP) is 2.03. The monoisotopic (exact) mass is 107 g/mol. The highest BCUT2D eigenvalue weighted by molar-refractivity contribution is 4.97. The first kappa shape index (κ1) is 6.97. The van der Waals surface area contributed by atoms with Crippen LogP contribution < -0.4 is 0 Å². The van der Waals surface area contributed by atoms with Crippen LogP contribution >= 0.6 is 0 Å². The predicted molar refractivity (Wildman–Crippen MR) is 34.2 cm³/mol. The van der Waals surface area contributed by atoms with Gasteiger partial charge in [0.25, 0.3) is 0 Å². The molecule has 0 unspecified atom stereocenters. The summed E-state index contributed by atoms with van der Waals surface area (Å²) in [5, 5.41) is 8.06. The van der Waals surface area contributed by atoms with Crippen molar-refractivity contribution in [1.82, 2.24) is 0 Å². The van der Waals surface area contributed by atoms with Gasteiger partial charge >= 0.3 is 0 Å². The second kappa shape index (κ2) is 5.97. The molecular formula is C7H9N. The molecule has 0 atom stereocenters. The summed E-state index contributed by atoms with van der Waals surface area (Å²) in [5.41, 5.74) is 0. The molecule has 0 N–H and O–H groups in total. The van der Waals surface area contributed by atoms with Crippen molar-refractivity contribution in [3.63, 3.8) is 0 Å². The third kappa shape index (κ3) is 4.97. The van der Waals surface area contributed by atoms with E-state index in [1.807, 2.05) is 18.2 Å². The number of nitriles is 1. The van der Waals surface area contributed by atoms with Gasteiger partial charge in [-0.05, 0) is 6.42 Å². The molecule has 1 heteroatoms. The van der Waals surface area contributed by atoms with Gasteiger partial charge in [-0.1, -0.05) is 24.8 Å². The Morgan fingerprint density at radius 2 is 2.38 bits per heavy atom. The first-order chi connectivity index (χ1) is 3.91. The highest BCUT2D eigenvalue weighted by Crippen LogP contribution is 1.87. The summed E-state index contributed by atoms with van der Waals surface area (Å²) >= 11 is 0. The van der Waals surface area contributed by atoms with Gasteiger partial charge in [0.1, 0.15) is 0 Å². The van der Waals surface area contributed by atoms with Crippen molar-refractivity contribution in [2.24, 2.45) is 0 Å². The lowest BCUT2D eigenvalue weighted by atomic mass is 10.3. The van der Waals surface area contributed by atoms with E-state index in [-0.39, 0.29) is 0 Å². The van der Waals surface area contributed by atoms with Crippen molar-refractivity contribution in [1.29, 1.82) is 5.26 Å². The molecule has 0 aliphatic rings. The third-order valence-corrected chi connectivity index (χ3v) is 0.695. The molecule has 0 amide bonds. The Bertz CT molecular complexity index is 117. The highest BCUT2D eigenvalue weighted by Gasteiger charge is 1.72. The number of nitrogens with zero attached hydrogens (tertiary/aromatic N) is 1. The van der Waals surface area contributed by atoms with E-state index in [2.05, 4.69) is 6.58 Å². The van der Waals surface area contributed by atoms with E-state index in [0.29, 0.717) is 6.42 Å². The summed E-state index contributed by atoms with van der Waals surface area (Å²) in [7, 11) is 0. The smallest absolute Gasteiger partial charge is 0.0625 e. The normalized spacial score (nSPS) is 8.88. The Morgan fingerprint density at radius 1 is 1.62 bits per heavy atom. The van der Waals surface area contributed by atoms with Crippen molar-refractivity contribution < 1.29 is 0 Å². The van der Waals surface area contributed by atoms with Crippen LogP contribution in [0.1, 0.15) is 12.8 Å². The highest BCUT2D eigenvalue weighted by atomic mass is 14.2. The zero-order valence-corrected chi connectivity index (χ0v) is 4.80. The molecule has 0 bridgehead atoms. The summed E-state index contributed by atoms with van der Waals surface area (Å²) in [4.78, 5) is 0. The molecule has 0 radical (unpaired) electrons. The van der Waals surface area contributed by atoms with E-state index in [1.165, 1.54) is 0 Å². The zero-order chi connectivity index (χ0) is 6.24. The molecule has 8 heavy (non-hydrogen) atoms. The number of hydrogen-bond donors (Lipinski definition) is 0. The maximum absolute atomic E-state index is 8.06. The maximum Gasteiger partial charge on any atom is 0.0625 e. The molecule has 0 spiro atoms. The number of rotatable bonds is 3. The van der Waals surface area contributed by atoms with Crippen LogP contribution in [0.25, 0.3) is 0 Å². The summed E-state index contributed by atoms with van der Waals surface area (Å²) in [5.74, 6) is 0. The SMILES string of the molecule is C=C/C=C/CCC#N. The lowest BCUT2D eigenvalue weighted by Crippen LogP contribution is -1.60. The van der Waals surface area contributed by atoms with Gasteiger partial charge in [-0.15, -0.1) is 0 Å². The molecule has 0 saturated carbocycles.